The first-order chi connectivity index (χ1) is 9.24. The molecule has 1 atom stereocenters. The van der Waals surface area contributed by atoms with Gasteiger partial charge >= 0.3 is 0 Å². The molecule has 1 fully saturated rings. The van der Waals surface area contributed by atoms with Crippen molar-refractivity contribution < 1.29 is 0 Å². The van der Waals surface area contributed by atoms with Crippen molar-refractivity contribution in [1.82, 2.24) is 15.1 Å². The highest BCUT2D eigenvalue weighted by atomic mass is 15.3. The van der Waals surface area contributed by atoms with Gasteiger partial charge in [0.1, 0.15) is 0 Å². The third-order valence-electron chi connectivity index (χ3n) is 4.49. The fraction of sp³-hybridized carbons (Fsp3) is 0.812. The van der Waals surface area contributed by atoms with Gasteiger partial charge in [0.2, 0.25) is 0 Å². The van der Waals surface area contributed by atoms with Crippen LogP contribution in [-0.4, -0.2) is 15.8 Å². The van der Waals surface area contributed by atoms with Crippen LogP contribution in [0, 0.1) is 12.8 Å². The Bertz CT molecular complexity index is 377. The molecule has 1 aliphatic carbocycles. The van der Waals surface area contributed by atoms with Gasteiger partial charge in [-0.3, -0.25) is 4.68 Å². The number of hydrogen-bond acceptors (Lipinski definition) is 2. The SMILES string of the molecule is CCC(NCc1cc(C)nn1CC)C1CCCCC1. The first-order valence-electron chi connectivity index (χ1n) is 8.01. The molecule has 1 unspecified atom stereocenters. The number of hydrogen-bond donors (Lipinski definition) is 1. The van der Waals surface area contributed by atoms with Crippen molar-refractivity contribution in [3.63, 3.8) is 0 Å². The van der Waals surface area contributed by atoms with Crippen LogP contribution in [0.3, 0.4) is 0 Å². The summed E-state index contributed by atoms with van der Waals surface area (Å²) in [5.74, 6) is 0.887. The standard InChI is InChI=1S/C16H29N3/c1-4-16(14-9-7-6-8-10-14)17-12-15-11-13(3)18-19(15)5-2/h11,14,16-17H,4-10,12H2,1-3H3. The normalized spacial score (nSPS) is 18.7. The van der Waals surface area contributed by atoms with E-state index in [4.69, 9.17) is 0 Å². The Hall–Kier alpha value is -0.830. The van der Waals surface area contributed by atoms with Gasteiger partial charge in [0.25, 0.3) is 0 Å². The van der Waals surface area contributed by atoms with Crippen LogP contribution in [-0.2, 0) is 13.1 Å². The van der Waals surface area contributed by atoms with Gasteiger partial charge in [-0.05, 0) is 45.1 Å². The predicted octanol–water partition coefficient (Wildman–Crippen LogP) is 3.66. The van der Waals surface area contributed by atoms with E-state index in [1.165, 1.54) is 44.2 Å². The molecule has 2 rings (SSSR count). The lowest BCUT2D eigenvalue weighted by molar-refractivity contribution is 0.260. The topological polar surface area (TPSA) is 29.9 Å². The lowest BCUT2D eigenvalue weighted by atomic mass is 9.83. The molecule has 1 aliphatic rings. The van der Waals surface area contributed by atoms with E-state index in [0.717, 1.165) is 24.7 Å². The Morgan fingerprint density at radius 2 is 2.05 bits per heavy atom. The third kappa shape index (κ3) is 3.82. The molecule has 1 aromatic rings. The quantitative estimate of drug-likeness (QED) is 0.849. The van der Waals surface area contributed by atoms with E-state index in [-0.39, 0.29) is 0 Å². The van der Waals surface area contributed by atoms with Crippen molar-refractivity contribution in [2.45, 2.75) is 78.4 Å². The Morgan fingerprint density at radius 3 is 2.68 bits per heavy atom. The Labute approximate surface area is 117 Å². The molecule has 0 aromatic carbocycles. The van der Waals surface area contributed by atoms with E-state index >= 15 is 0 Å². The highest BCUT2D eigenvalue weighted by Gasteiger charge is 2.22. The van der Waals surface area contributed by atoms with Gasteiger partial charge in [-0.1, -0.05) is 26.2 Å². The van der Waals surface area contributed by atoms with Crippen LogP contribution < -0.4 is 5.32 Å². The molecule has 1 saturated carbocycles. The van der Waals surface area contributed by atoms with Gasteiger partial charge in [-0.2, -0.15) is 5.10 Å². The van der Waals surface area contributed by atoms with E-state index in [1.807, 2.05) is 0 Å². The van der Waals surface area contributed by atoms with Crippen molar-refractivity contribution >= 4 is 0 Å². The summed E-state index contributed by atoms with van der Waals surface area (Å²) in [5.41, 5.74) is 2.46. The summed E-state index contributed by atoms with van der Waals surface area (Å²) >= 11 is 0. The first kappa shape index (κ1) is 14.6. The summed E-state index contributed by atoms with van der Waals surface area (Å²) in [6, 6.07) is 2.89. The van der Waals surface area contributed by atoms with Crippen molar-refractivity contribution in [1.29, 1.82) is 0 Å². The fourth-order valence-corrected chi connectivity index (χ4v) is 3.43. The van der Waals surface area contributed by atoms with Crippen molar-refractivity contribution in [2.24, 2.45) is 5.92 Å². The van der Waals surface area contributed by atoms with Crippen LogP contribution in [0.15, 0.2) is 6.07 Å². The van der Waals surface area contributed by atoms with Crippen LogP contribution in [0.2, 0.25) is 0 Å². The molecule has 0 spiro atoms. The number of aryl methyl sites for hydroxylation is 2. The van der Waals surface area contributed by atoms with Gasteiger partial charge < -0.3 is 5.32 Å². The van der Waals surface area contributed by atoms with Crippen LogP contribution in [0.4, 0.5) is 0 Å². The number of nitrogens with one attached hydrogen (secondary N) is 1. The van der Waals surface area contributed by atoms with Crippen LogP contribution in [0.25, 0.3) is 0 Å². The maximum absolute atomic E-state index is 4.52. The van der Waals surface area contributed by atoms with Gasteiger partial charge in [-0.15, -0.1) is 0 Å². The number of rotatable bonds is 6. The molecule has 3 nitrogen and oxygen atoms in total. The first-order valence-corrected chi connectivity index (χ1v) is 8.01. The minimum atomic E-state index is 0.681. The largest absolute Gasteiger partial charge is 0.308 e. The van der Waals surface area contributed by atoms with Gasteiger partial charge in [0, 0.05) is 19.1 Å². The van der Waals surface area contributed by atoms with Crippen molar-refractivity contribution in [3.05, 3.63) is 17.5 Å². The van der Waals surface area contributed by atoms with Gasteiger partial charge in [-0.25, -0.2) is 0 Å². The molecular formula is C16H29N3. The maximum atomic E-state index is 4.52. The molecule has 19 heavy (non-hydrogen) atoms. The highest BCUT2D eigenvalue weighted by Crippen LogP contribution is 2.27. The number of nitrogens with zero attached hydrogens (tertiary/aromatic N) is 2. The molecule has 1 heterocycles. The molecule has 0 bridgehead atoms. The van der Waals surface area contributed by atoms with Crippen molar-refractivity contribution in [3.8, 4) is 0 Å². The average molecular weight is 263 g/mol. The predicted molar refractivity (Wildman–Crippen MR) is 80.1 cm³/mol. The summed E-state index contributed by atoms with van der Waals surface area (Å²) in [4.78, 5) is 0. The van der Waals surface area contributed by atoms with E-state index in [1.54, 1.807) is 0 Å². The fourth-order valence-electron chi connectivity index (χ4n) is 3.43. The summed E-state index contributed by atoms with van der Waals surface area (Å²) in [5, 5.41) is 8.30. The summed E-state index contributed by atoms with van der Waals surface area (Å²) < 4.78 is 2.12. The lowest BCUT2D eigenvalue weighted by Gasteiger charge is -2.30. The Morgan fingerprint density at radius 1 is 1.32 bits per heavy atom. The van der Waals surface area contributed by atoms with E-state index in [9.17, 15) is 0 Å². The van der Waals surface area contributed by atoms with Crippen LogP contribution in [0.1, 0.15) is 63.8 Å². The molecule has 108 valence electrons. The molecule has 0 radical (unpaired) electrons. The second kappa shape index (κ2) is 7.09. The zero-order valence-corrected chi connectivity index (χ0v) is 12.8. The minimum absolute atomic E-state index is 0.681. The van der Waals surface area contributed by atoms with Crippen molar-refractivity contribution in [2.75, 3.05) is 0 Å². The zero-order chi connectivity index (χ0) is 13.7. The second-order valence-electron chi connectivity index (χ2n) is 5.89. The highest BCUT2D eigenvalue weighted by molar-refractivity contribution is 5.08. The van der Waals surface area contributed by atoms with Crippen LogP contribution >= 0.6 is 0 Å². The van der Waals surface area contributed by atoms with E-state index < -0.39 is 0 Å². The Kier molecular flexibility index (Phi) is 5.44. The number of aromatic nitrogens is 2. The molecule has 0 aliphatic heterocycles. The summed E-state index contributed by atoms with van der Waals surface area (Å²) in [6.45, 7) is 8.48. The monoisotopic (exact) mass is 263 g/mol. The average Bonchev–Trinajstić information content (AvgIpc) is 2.81. The lowest BCUT2D eigenvalue weighted by Crippen LogP contribution is -2.36. The van der Waals surface area contributed by atoms with E-state index in [0.29, 0.717) is 6.04 Å². The van der Waals surface area contributed by atoms with Gasteiger partial charge in [0.15, 0.2) is 0 Å². The summed E-state index contributed by atoms with van der Waals surface area (Å²) in [7, 11) is 0. The van der Waals surface area contributed by atoms with Gasteiger partial charge in [0.05, 0.1) is 11.4 Å². The summed E-state index contributed by atoms with van der Waals surface area (Å²) in [6.07, 6.45) is 8.36. The molecule has 1 aromatic heterocycles. The third-order valence-corrected chi connectivity index (χ3v) is 4.49. The molecular weight excluding hydrogens is 234 g/mol. The Balaban J connectivity index is 1.91. The smallest absolute Gasteiger partial charge is 0.0597 e. The zero-order valence-electron chi connectivity index (χ0n) is 12.8. The molecule has 0 saturated heterocycles. The molecule has 0 amide bonds. The van der Waals surface area contributed by atoms with Crippen LogP contribution in [0.5, 0.6) is 0 Å². The minimum Gasteiger partial charge on any atom is -0.308 e. The maximum Gasteiger partial charge on any atom is 0.0597 e. The molecule has 1 N–H and O–H groups in total. The second-order valence-corrected chi connectivity index (χ2v) is 5.89. The van der Waals surface area contributed by atoms with E-state index in [2.05, 4.69) is 41.9 Å². The molecule has 3 heteroatoms.